The van der Waals surface area contributed by atoms with Gasteiger partial charge in [0.2, 0.25) is 0 Å². The Morgan fingerprint density at radius 3 is 2.69 bits per heavy atom. The van der Waals surface area contributed by atoms with E-state index in [2.05, 4.69) is 17.2 Å². The number of carbonyl (C=O) groups is 1. The molecule has 1 heterocycles. The van der Waals surface area contributed by atoms with Crippen LogP contribution >= 0.6 is 0 Å². The largest absolute Gasteiger partial charge is 0.491 e. The molecule has 0 fully saturated rings. The minimum absolute atomic E-state index is 0.117. The van der Waals surface area contributed by atoms with Crippen molar-refractivity contribution in [3.63, 3.8) is 0 Å². The molecule has 3 aromatic rings. The molecule has 1 aromatic heterocycles. The van der Waals surface area contributed by atoms with E-state index in [0.29, 0.717) is 12.3 Å². The Kier molecular flexibility index (Phi) is 5.69. The van der Waals surface area contributed by atoms with E-state index in [-0.39, 0.29) is 6.42 Å². The standard InChI is InChI=1S/C21H22N2O3/c1-2-3-12-26-20-11-7-6-10-18(20)23-19-13-15(14-21(24)25)22-17-9-5-4-8-16(17)19/h4-11,13H,2-3,12,14H2,1H3,(H,22,23)(H,24,25). The number of para-hydroxylation sites is 3. The molecule has 0 saturated carbocycles. The number of carboxylic acid groups (broad SMARTS) is 1. The summed E-state index contributed by atoms with van der Waals surface area (Å²) >= 11 is 0. The Labute approximate surface area is 152 Å². The molecule has 26 heavy (non-hydrogen) atoms. The second-order valence-electron chi connectivity index (χ2n) is 6.07. The number of benzene rings is 2. The fraction of sp³-hybridized carbons (Fsp3) is 0.238. The maximum Gasteiger partial charge on any atom is 0.309 e. The van der Waals surface area contributed by atoms with Crippen LogP contribution in [0, 0.1) is 0 Å². The van der Waals surface area contributed by atoms with Gasteiger partial charge in [-0.15, -0.1) is 0 Å². The van der Waals surface area contributed by atoms with E-state index in [1.807, 2.05) is 48.5 Å². The van der Waals surface area contributed by atoms with Crippen LogP contribution in [0.5, 0.6) is 5.75 Å². The number of nitrogens with zero attached hydrogens (tertiary/aromatic N) is 1. The average Bonchev–Trinajstić information content (AvgIpc) is 2.63. The van der Waals surface area contributed by atoms with Crippen LogP contribution in [-0.4, -0.2) is 22.7 Å². The molecule has 0 atom stereocenters. The fourth-order valence-electron chi connectivity index (χ4n) is 2.75. The molecule has 0 saturated heterocycles. The monoisotopic (exact) mass is 350 g/mol. The highest BCUT2D eigenvalue weighted by Gasteiger charge is 2.11. The highest BCUT2D eigenvalue weighted by atomic mass is 16.5. The predicted molar refractivity (Wildman–Crippen MR) is 103 cm³/mol. The third-order valence-electron chi connectivity index (χ3n) is 4.01. The maximum atomic E-state index is 11.1. The smallest absolute Gasteiger partial charge is 0.309 e. The van der Waals surface area contributed by atoms with Crippen LogP contribution in [0.1, 0.15) is 25.5 Å². The lowest BCUT2D eigenvalue weighted by atomic mass is 10.1. The minimum atomic E-state index is -0.901. The van der Waals surface area contributed by atoms with Crippen molar-refractivity contribution in [2.45, 2.75) is 26.2 Å². The van der Waals surface area contributed by atoms with Gasteiger partial charge in [-0.3, -0.25) is 9.78 Å². The van der Waals surface area contributed by atoms with Gasteiger partial charge in [-0.25, -0.2) is 0 Å². The topological polar surface area (TPSA) is 71.5 Å². The van der Waals surface area contributed by atoms with Crippen molar-refractivity contribution in [1.82, 2.24) is 4.98 Å². The lowest BCUT2D eigenvalue weighted by molar-refractivity contribution is -0.136. The van der Waals surface area contributed by atoms with Gasteiger partial charge in [-0.1, -0.05) is 43.7 Å². The van der Waals surface area contributed by atoms with E-state index >= 15 is 0 Å². The molecular formula is C21H22N2O3. The summed E-state index contributed by atoms with van der Waals surface area (Å²) in [5.74, 6) is -0.122. The predicted octanol–water partition coefficient (Wildman–Crippen LogP) is 4.78. The molecule has 5 nitrogen and oxygen atoms in total. The van der Waals surface area contributed by atoms with Crippen LogP contribution in [0.3, 0.4) is 0 Å². The molecule has 0 spiro atoms. The van der Waals surface area contributed by atoms with Gasteiger partial charge < -0.3 is 15.2 Å². The number of aromatic nitrogens is 1. The summed E-state index contributed by atoms with van der Waals surface area (Å²) in [4.78, 5) is 15.5. The lowest BCUT2D eigenvalue weighted by Gasteiger charge is -2.15. The molecule has 0 aliphatic carbocycles. The van der Waals surface area contributed by atoms with E-state index in [4.69, 9.17) is 9.84 Å². The lowest BCUT2D eigenvalue weighted by Crippen LogP contribution is -2.05. The Bertz CT molecular complexity index is 909. The Balaban J connectivity index is 1.96. The molecule has 134 valence electrons. The van der Waals surface area contributed by atoms with Crippen molar-refractivity contribution in [2.24, 2.45) is 0 Å². The number of fused-ring (bicyclic) bond motifs is 1. The SMILES string of the molecule is CCCCOc1ccccc1Nc1cc(CC(=O)O)nc2ccccc12. The highest BCUT2D eigenvalue weighted by molar-refractivity contribution is 5.94. The van der Waals surface area contributed by atoms with E-state index in [0.717, 1.165) is 40.9 Å². The van der Waals surface area contributed by atoms with Gasteiger partial charge in [-0.2, -0.15) is 0 Å². The second-order valence-corrected chi connectivity index (χ2v) is 6.07. The quantitative estimate of drug-likeness (QED) is 0.572. The summed E-state index contributed by atoms with van der Waals surface area (Å²) in [5, 5.41) is 13.4. The van der Waals surface area contributed by atoms with Gasteiger partial charge in [0, 0.05) is 11.1 Å². The van der Waals surface area contributed by atoms with Crippen LogP contribution in [0.25, 0.3) is 10.9 Å². The number of carboxylic acids is 1. The molecule has 3 rings (SSSR count). The number of nitrogens with one attached hydrogen (secondary N) is 1. The zero-order valence-electron chi connectivity index (χ0n) is 14.7. The highest BCUT2D eigenvalue weighted by Crippen LogP contribution is 2.31. The van der Waals surface area contributed by atoms with Gasteiger partial charge in [0.15, 0.2) is 0 Å². The number of pyridine rings is 1. The van der Waals surface area contributed by atoms with Crippen LogP contribution in [0.2, 0.25) is 0 Å². The van der Waals surface area contributed by atoms with Crippen LogP contribution in [0.4, 0.5) is 11.4 Å². The van der Waals surface area contributed by atoms with Crippen molar-refractivity contribution in [3.05, 3.63) is 60.3 Å². The summed E-state index contributed by atoms with van der Waals surface area (Å²) in [6.45, 7) is 2.79. The van der Waals surface area contributed by atoms with E-state index < -0.39 is 5.97 Å². The Morgan fingerprint density at radius 1 is 1.12 bits per heavy atom. The number of anilines is 2. The average molecular weight is 350 g/mol. The molecule has 0 amide bonds. The Morgan fingerprint density at radius 2 is 1.88 bits per heavy atom. The second kappa shape index (κ2) is 8.34. The summed E-state index contributed by atoms with van der Waals surface area (Å²) in [6, 6.07) is 17.2. The summed E-state index contributed by atoms with van der Waals surface area (Å²) in [6.07, 6.45) is 1.95. The first-order chi connectivity index (χ1) is 12.7. The molecule has 2 aromatic carbocycles. The van der Waals surface area contributed by atoms with E-state index in [1.165, 1.54) is 0 Å². The molecule has 0 radical (unpaired) electrons. The van der Waals surface area contributed by atoms with Gasteiger partial charge in [-0.05, 0) is 30.7 Å². The molecule has 2 N–H and O–H groups in total. The van der Waals surface area contributed by atoms with Gasteiger partial charge in [0.05, 0.1) is 29.9 Å². The van der Waals surface area contributed by atoms with Crippen molar-refractivity contribution < 1.29 is 14.6 Å². The first-order valence-electron chi connectivity index (χ1n) is 8.76. The Hall–Kier alpha value is -3.08. The summed E-state index contributed by atoms with van der Waals surface area (Å²) in [7, 11) is 0. The first-order valence-corrected chi connectivity index (χ1v) is 8.76. The molecule has 0 aliphatic rings. The third-order valence-corrected chi connectivity index (χ3v) is 4.01. The normalized spacial score (nSPS) is 10.7. The van der Waals surface area contributed by atoms with Crippen molar-refractivity contribution in [2.75, 3.05) is 11.9 Å². The third kappa shape index (κ3) is 4.30. The van der Waals surface area contributed by atoms with Crippen molar-refractivity contribution in [3.8, 4) is 5.75 Å². The number of hydrogen-bond donors (Lipinski definition) is 2. The zero-order chi connectivity index (χ0) is 18.4. The number of rotatable bonds is 8. The molecular weight excluding hydrogens is 328 g/mol. The molecule has 0 bridgehead atoms. The summed E-state index contributed by atoms with van der Waals surface area (Å²) in [5.41, 5.74) is 2.95. The fourth-order valence-corrected chi connectivity index (χ4v) is 2.75. The van der Waals surface area contributed by atoms with E-state index in [9.17, 15) is 4.79 Å². The van der Waals surface area contributed by atoms with E-state index in [1.54, 1.807) is 6.07 Å². The van der Waals surface area contributed by atoms with Crippen molar-refractivity contribution >= 4 is 28.2 Å². The maximum absolute atomic E-state index is 11.1. The first kappa shape index (κ1) is 17.7. The molecule has 0 aliphatic heterocycles. The van der Waals surface area contributed by atoms with Crippen LogP contribution in [0.15, 0.2) is 54.6 Å². The van der Waals surface area contributed by atoms with Crippen LogP contribution < -0.4 is 10.1 Å². The molecule has 5 heteroatoms. The number of aliphatic carboxylic acids is 1. The minimum Gasteiger partial charge on any atom is -0.491 e. The van der Waals surface area contributed by atoms with Gasteiger partial charge in [0.25, 0.3) is 0 Å². The van der Waals surface area contributed by atoms with Crippen molar-refractivity contribution in [1.29, 1.82) is 0 Å². The zero-order valence-corrected chi connectivity index (χ0v) is 14.7. The molecule has 0 unspecified atom stereocenters. The number of hydrogen-bond acceptors (Lipinski definition) is 4. The number of ether oxygens (including phenoxy) is 1. The van der Waals surface area contributed by atoms with Crippen LogP contribution in [-0.2, 0) is 11.2 Å². The summed E-state index contributed by atoms with van der Waals surface area (Å²) < 4.78 is 5.88. The van der Waals surface area contributed by atoms with Gasteiger partial charge in [0.1, 0.15) is 5.75 Å². The van der Waals surface area contributed by atoms with Gasteiger partial charge >= 0.3 is 5.97 Å². The number of unbranched alkanes of at least 4 members (excludes halogenated alkanes) is 1.